The van der Waals surface area contributed by atoms with E-state index in [0.29, 0.717) is 12.8 Å². The Balaban J connectivity index is 1.56. The molecule has 9 N–H and O–H groups in total. The van der Waals surface area contributed by atoms with Gasteiger partial charge in [-0.05, 0) is 71.1 Å². The van der Waals surface area contributed by atoms with Crippen molar-refractivity contribution >= 4 is 5.91 Å². The Hall–Kier alpha value is -2.31. The third kappa shape index (κ3) is 34.2. The lowest BCUT2D eigenvalue weighted by atomic mass is 9.97. The highest BCUT2D eigenvalue weighted by atomic mass is 16.7. The Morgan fingerprint density at radius 1 is 0.487 bits per heavy atom. The Labute approximate surface area is 473 Å². The molecule has 78 heavy (non-hydrogen) atoms. The molecule has 0 aliphatic carbocycles. The molecule has 2 saturated heterocycles. The van der Waals surface area contributed by atoms with Gasteiger partial charge >= 0.3 is 0 Å². The summed E-state index contributed by atoms with van der Waals surface area (Å²) in [5.74, 6) is -0.255. The van der Waals surface area contributed by atoms with E-state index < -0.39 is 86.8 Å². The van der Waals surface area contributed by atoms with E-state index in [1.54, 1.807) is 6.08 Å². The molecule has 2 rings (SSSR count). The van der Waals surface area contributed by atoms with Gasteiger partial charge in [-0.1, -0.05) is 228 Å². The van der Waals surface area contributed by atoms with Crippen molar-refractivity contribution in [3.05, 3.63) is 60.8 Å². The highest BCUT2D eigenvalue weighted by Crippen LogP contribution is 2.30. The summed E-state index contributed by atoms with van der Waals surface area (Å²) in [6.45, 7) is 2.52. The van der Waals surface area contributed by atoms with Crippen molar-refractivity contribution in [2.45, 2.75) is 319 Å². The van der Waals surface area contributed by atoms with Gasteiger partial charge in [0.15, 0.2) is 12.6 Å². The number of rotatable bonds is 50. The zero-order chi connectivity index (χ0) is 56.7. The van der Waals surface area contributed by atoms with Gasteiger partial charge in [0.05, 0.1) is 32.0 Å². The van der Waals surface area contributed by atoms with Crippen molar-refractivity contribution in [3.8, 4) is 0 Å². The number of nitrogens with one attached hydrogen (secondary N) is 1. The largest absolute Gasteiger partial charge is 0.394 e. The van der Waals surface area contributed by atoms with Crippen molar-refractivity contribution in [2.75, 3.05) is 19.8 Å². The molecule has 0 radical (unpaired) electrons. The van der Waals surface area contributed by atoms with Gasteiger partial charge in [0.2, 0.25) is 5.91 Å². The highest BCUT2D eigenvalue weighted by Gasteiger charge is 2.51. The van der Waals surface area contributed by atoms with E-state index in [-0.39, 0.29) is 18.9 Å². The van der Waals surface area contributed by atoms with E-state index in [1.807, 2.05) is 19.1 Å². The first-order chi connectivity index (χ1) is 38.1. The number of hydrogen-bond acceptors (Lipinski definition) is 13. The van der Waals surface area contributed by atoms with Crippen molar-refractivity contribution in [3.63, 3.8) is 0 Å². The van der Waals surface area contributed by atoms with E-state index in [0.717, 1.165) is 44.9 Å². The number of ether oxygens (including phenoxy) is 4. The van der Waals surface area contributed by atoms with Gasteiger partial charge in [0, 0.05) is 6.42 Å². The molecule has 2 aliphatic heterocycles. The molecule has 0 aromatic heterocycles. The van der Waals surface area contributed by atoms with Crippen molar-refractivity contribution in [2.24, 2.45) is 0 Å². The number of carbonyl (C=O) groups is 1. The van der Waals surface area contributed by atoms with Crippen molar-refractivity contribution < 1.29 is 64.6 Å². The van der Waals surface area contributed by atoms with Gasteiger partial charge in [-0.25, -0.2) is 0 Å². The maximum atomic E-state index is 13.2. The minimum atomic E-state index is -1.79. The molecule has 0 bridgehead atoms. The third-order valence-electron chi connectivity index (χ3n) is 15.2. The molecule has 0 spiro atoms. The van der Waals surface area contributed by atoms with Gasteiger partial charge in [0.25, 0.3) is 0 Å². The second kappa shape index (κ2) is 49.3. The normalized spacial score (nSPS) is 24.9. The topological polar surface area (TPSA) is 228 Å². The lowest BCUT2D eigenvalue weighted by molar-refractivity contribution is -0.359. The fraction of sp³-hybridized carbons (Fsp3) is 0.828. The Kier molecular flexibility index (Phi) is 45.4. The molecular weight excluding hydrogens is 991 g/mol. The average molecular weight is 1110 g/mol. The van der Waals surface area contributed by atoms with E-state index in [9.17, 15) is 45.6 Å². The minimum Gasteiger partial charge on any atom is -0.394 e. The number of hydrogen-bond donors (Lipinski definition) is 9. The summed E-state index contributed by atoms with van der Waals surface area (Å²) in [4.78, 5) is 13.2. The van der Waals surface area contributed by atoms with Crippen LogP contribution >= 0.6 is 0 Å². The second-order valence-corrected chi connectivity index (χ2v) is 22.2. The summed E-state index contributed by atoms with van der Waals surface area (Å²) in [7, 11) is 0. The van der Waals surface area contributed by atoms with E-state index in [2.05, 4.69) is 54.8 Å². The Morgan fingerprint density at radius 3 is 1.40 bits per heavy atom. The molecule has 454 valence electrons. The molecule has 2 aliphatic rings. The van der Waals surface area contributed by atoms with Gasteiger partial charge in [-0.15, -0.1) is 0 Å². The van der Waals surface area contributed by atoms with Crippen LogP contribution in [-0.4, -0.2) is 140 Å². The molecule has 12 unspecified atom stereocenters. The summed E-state index contributed by atoms with van der Waals surface area (Å²) in [6.07, 6.45) is 47.7. The van der Waals surface area contributed by atoms with Crippen molar-refractivity contribution in [1.82, 2.24) is 5.32 Å². The fourth-order valence-electron chi connectivity index (χ4n) is 10.2. The molecule has 12 atom stereocenters. The van der Waals surface area contributed by atoms with Crippen molar-refractivity contribution in [1.29, 1.82) is 0 Å². The number of aliphatic hydroxyl groups excluding tert-OH is 8. The first-order valence-corrected chi connectivity index (χ1v) is 31.5. The fourth-order valence-corrected chi connectivity index (χ4v) is 10.2. The van der Waals surface area contributed by atoms with Crippen LogP contribution in [0.4, 0.5) is 0 Å². The van der Waals surface area contributed by atoms with Gasteiger partial charge in [0.1, 0.15) is 48.8 Å². The van der Waals surface area contributed by atoms with Crippen LogP contribution in [-0.2, 0) is 23.7 Å². The zero-order valence-electron chi connectivity index (χ0n) is 48.9. The molecule has 14 heteroatoms. The van der Waals surface area contributed by atoms with Gasteiger partial charge in [-0.2, -0.15) is 0 Å². The van der Waals surface area contributed by atoms with Gasteiger partial charge < -0.3 is 65.1 Å². The van der Waals surface area contributed by atoms with Crippen LogP contribution < -0.4 is 5.32 Å². The monoisotopic (exact) mass is 1110 g/mol. The Bertz CT molecular complexity index is 1540. The molecule has 14 nitrogen and oxygen atoms in total. The van der Waals surface area contributed by atoms with Crippen LogP contribution in [0.25, 0.3) is 0 Å². The summed E-state index contributed by atoms with van der Waals surface area (Å²) in [5.41, 5.74) is 0. The smallest absolute Gasteiger partial charge is 0.220 e. The van der Waals surface area contributed by atoms with E-state index in [4.69, 9.17) is 18.9 Å². The standard InChI is InChI=1S/C64H115NO13/c1-3-5-7-9-11-13-14-15-16-17-18-19-20-21-22-23-24-25-26-27-28-29-30-31-32-33-34-35-36-37-38-40-42-44-46-48-56(69)65-52(53(68)47-45-43-41-39-12-10-8-6-4-2)51-75-63-61(74)59(72)62(55(50-67)77-63)78-64-60(73)58(71)57(70)54(49-66)76-64/h4,6,12,14-15,17-18,39,45,47,52-55,57-64,66-68,70-74H,3,5,7-11,13,16,19-38,40-44,46,48-51H2,1-2H3,(H,65,69)/b6-4+,15-14-,18-17-,39-12+,47-45+. The number of allylic oxidation sites excluding steroid dienone is 9. The quantitative estimate of drug-likeness (QED) is 0.0204. The predicted octanol–water partition coefficient (Wildman–Crippen LogP) is 11.3. The lowest BCUT2D eigenvalue weighted by Crippen LogP contribution is -2.65. The summed E-state index contributed by atoms with van der Waals surface area (Å²) in [6, 6.07) is -0.936. The number of amides is 1. The van der Waals surface area contributed by atoms with Crippen LogP contribution in [0.1, 0.15) is 245 Å². The number of carbonyl (C=O) groups excluding carboxylic acids is 1. The SMILES string of the molecule is C/C=C/CC/C=C/CC/C=C/C(O)C(COC1OC(CO)C(OC2OC(CO)C(O)C(O)C2O)C(O)C1O)NC(=O)CCCCCCCCCCCCCCCCCCCCCCCCC/C=C\C/C=C\CCCCCCC. The van der Waals surface area contributed by atoms with Crippen LogP contribution in [0.15, 0.2) is 60.8 Å². The summed E-state index contributed by atoms with van der Waals surface area (Å²) in [5, 5.41) is 86.8. The number of aliphatic hydroxyl groups is 8. The molecule has 0 aromatic rings. The maximum Gasteiger partial charge on any atom is 0.220 e. The van der Waals surface area contributed by atoms with Crippen LogP contribution in [0.2, 0.25) is 0 Å². The minimum absolute atomic E-state index is 0.255. The maximum absolute atomic E-state index is 13.2. The molecule has 2 heterocycles. The second-order valence-electron chi connectivity index (χ2n) is 22.2. The van der Waals surface area contributed by atoms with E-state index in [1.165, 1.54) is 167 Å². The lowest BCUT2D eigenvalue weighted by Gasteiger charge is -2.46. The van der Waals surface area contributed by atoms with E-state index >= 15 is 0 Å². The first-order valence-electron chi connectivity index (χ1n) is 31.5. The summed E-state index contributed by atoms with van der Waals surface area (Å²) >= 11 is 0. The molecule has 1 amide bonds. The predicted molar refractivity (Wildman–Crippen MR) is 314 cm³/mol. The van der Waals surface area contributed by atoms with Crippen LogP contribution in [0, 0.1) is 0 Å². The molecule has 0 aromatic carbocycles. The highest BCUT2D eigenvalue weighted by molar-refractivity contribution is 5.76. The third-order valence-corrected chi connectivity index (χ3v) is 15.2. The average Bonchev–Trinajstić information content (AvgIpc) is 3.47. The van der Waals surface area contributed by atoms with Crippen LogP contribution in [0.3, 0.4) is 0 Å². The summed E-state index contributed by atoms with van der Waals surface area (Å²) < 4.78 is 22.7. The molecule has 2 fully saturated rings. The first kappa shape index (κ1) is 71.8. The van der Waals surface area contributed by atoms with Crippen LogP contribution in [0.5, 0.6) is 0 Å². The molecule has 0 saturated carbocycles. The number of unbranched alkanes of at least 4 members (excludes halogenated alkanes) is 30. The molecular formula is C64H115NO13. The zero-order valence-corrected chi connectivity index (χ0v) is 48.9. The Morgan fingerprint density at radius 2 is 0.910 bits per heavy atom. The van der Waals surface area contributed by atoms with Gasteiger partial charge in [-0.3, -0.25) is 4.79 Å².